The molecule has 1 aromatic heterocycles. The van der Waals surface area contributed by atoms with Gasteiger partial charge in [0.2, 0.25) is 0 Å². The predicted octanol–water partition coefficient (Wildman–Crippen LogP) is 4.06. The van der Waals surface area contributed by atoms with Gasteiger partial charge in [-0.05, 0) is 37.8 Å². The fraction of sp³-hybridized carbons (Fsp3) is 0.474. The fourth-order valence-electron chi connectivity index (χ4n) is 3.09. The Hall–Kier alpha value is -2.08. The van der Waals surface area contributed by atoms with Gasteiger partial charge in [-0.25, -0.2) is 9.78 Å². The number of nitrogens with zero attached hydrogens (tertiary/aromatic N) is 2. The molecule has 25 heavy (non-hydrogen) atoms. The molecule has 0 bridgehead atoms. The van der Waals surface area contributed by atoms with E-state index in [0.29, 0.717) is 6.54 Å². The molecule has 6 heteroatoms. The van der Waals surface area contributed by atoms with Crippen LogP contribution in [0.15, 0.2) is 29.6 Å². The Morgan fingerprint density at radius 3 is 2.80 bits per heavy atom. The fourth-order valence-corrected chi connectivity index (χ4v) is 3.87. The van der Waals surface area contributed by atoms with Crippen molar-refractivity contribution in [3.05, 3.63) is 40.3 Å². The molecule has 1 aromatic carbocycles. The summed E-state index contributed by atoms with van der Waals surface area (Å²) in [5.41, 5.74) is 3.05. The van der Waals surface area contributed by atoms with Crippen LogP contribution in [0.4, 0.5) is 16.2 Å². The SMILES string of the molecule is CCc1nc(CCNC(=O)Nc2ccccc2N2CCCCC2)cs1. The van der Waals surface area contributed by atoms with Gasteiger partial charge >= 0.3 is 6.03 Å². The highest BCUT2D eigenvalue weighted by Crippen LogP contribution is 2.28. The molecule has 2 aromatic rings. The summed E-state index contributed by atoms with van der Waals surface area (Å²) in [5, 5.41) is 9.16. The number of benzene rings is 1. The van der Waals surface area contributed by atoms with Crippen LogP contribution in [0.2, 0.25) is 0 Å². The number of aryl methyl sites for hydroxylation is 1. The van der Waals surface area contributed by atoms with Gasteiger partial charge in [0.05, 0.1) is 22.1 Å². The van der Waals surface area contributed by atoms with Gasteiger partial charge in [-0.1, -0.05) is 19.1 Å². The third-order valence-corrected chi connectivity index (χ3v) is 5.46. The van der Waals surface area contributed by atoms with Gasteiger partial charge in [0.15, 0.2) is 0 Å². The largest absolute Gasteiger partial charge is 0.370 e. The summed E-state index contributed by atoms with van der Waals surface area (Å²) < 4.78 is 0. The lowest BCUT2D eigenvalue weighted by atomic mass is 10.1. The van der Waals surface area contributed by atoms with Gasteiger partial charge in [-0.3, -0.25) is 0 Å². The van der Waals surface area contributed by atoms with Crippen molar-refractivity contribution < 1.29 is 4.79 Å². The molecule has 5 nitrogen and oxygen atoms in total. The predicted molar refractivity (Wildman–Crippen MR) is 105 cm³/mol. The van der Waals surface area contributed by atoms with Gasteiger partial charge < -0.3 is 15.5 Å². The van der Waals surface area contributed by atoms with E-state index in [-0.39, 0.29) is 6.03 Å². The van der Waals surface area contributed by atoms with Crippen LogP contribution in [0, 0.1) is 0 Å². The molecule has 1 saturated heterocycles. The Morgan fingerprint density at radius 1 is 1.24 bits per heavy atom. The second-order valence-corrected chi connectivity index (χ2v) is 7.22. The van der Waals surface area contributed by atoms with Crippen LogP contribution in [-0.4, -0.2) is 30.6 Å². The van der Waals surface area contributed by atoms with Crippen LogP contribution in [-0.2, 0) is 12.8 Å². The Kier molecular flexibility index (Phi) is 6.28. The van der Waals surface area contributed by atoms with Crippen molar-refractivity contribution in [3.8, 4) is 0 Å². The van der Waals surface area contributed by atoms with E-state index in [4.69, 9.17) is 0 Å². The lowest BCUT2D eigenvalue weighted by Crippen LogP contribution is -2.33. The normalized spacial score (nSPS) is 14.4. The van der Waals surface area contributed by atoms with E-state index in [1.807, 2.05) is 18.2 Å². The summed E-state index contributed by atoms with van der Waals surface area (Å²) in [5.74, 6) is 0. The Balaban J connectivity index is 1.52. The van der Waals surface area contributed by atoms with Crippen LogP contribution >= 0.6 is 11.3 Å². The number of thiazole rings is 1. The van der Waals surface area contributed by atoms with Crippen molar-refractivity contribution in [2.24, 2.45) is 0 Å². The van der Waals surface area contributed by atoms with E-state index in [1.54, 1.807) is 11.3 Å². The van der Waals surface area contributed by atoms with E-state index in [1.165, 1.54) is 19.3 Å². The smallest absolute Gasteiger partial charge is 0.319 e. The Morgan fingerprint density at radius 2 is 2.04 bits per heavy atom. The minimum atomic E-state index is -0.157. The number of piperidine rings is 1. The molecule has 0 saturated carbocycles. The molecule has 1 aliphatic rings. The topological polar surface area (TPSA) is 57.3 Å². The first kappa shape index (κ1) is 17.7. The van der Waals surface area contributed by atoms with Crippen molar-refractivity contribution in [1.29, 1.82) is 0 Å². The molecule has 0 spiro atoms. The van der Waals surface area contributed by atoms with Gasteiger partial charge in [0.1, 0.15) is 0 Å². The number of anilines is 2. The van der Waals surface area contributed by atoms with Crippen molar-refractivity contribution in [2.45, 2.75) is 39.0 Å². The number of aromatic nitrogens is 1. The van der Waals surface area contributed by atoms with Gasteiger partial charge in [-0.2, -0.15) is 0 Å². The minimum absolute atomic E-state index is 0.157. The van der Waals surface area contributed by atoms with E-state index >= 15 is 0 Å². The molecule has 2 N–H and O–H groups in total. The van der Waals surface area contributed by atoms with Gasteiger partial charge in [-0.15, -0.1) is 11.3 Å². The van der Waals surface area contributed by atoms with Crippen molar-refractivity contribution >= 4 is 28.7 Å². The maximum Gasteiger partial charge on any atom is 0.319 e. The zero-order valence-corrected chi connectivity index (χ0v) is 15.6. The highest BCUT2D eigenvalue weighted by atomic mass is 32.1. The molecule has 134 valence electrons. The van der Waals surface area contributed by atoms with Crippen LogP contribution in [0.3, 0.4) is 0 Å². The molecule has 0 atom stereocenters. The van der Waals surface area contributed by atoms with Crippen LogP contribution in [0.25, 0.3) is 0 Å². The van der Waals surface area contributed by atoms with Gasteiger partial charge in [0.25, 0.3) is 0 Å². The summed E-state index contributed by atoms with van der Waals surface area (Å²) >= 11 is 1.68. The first-order valence-corrected chi connectivity index (χ1v) is 9.96. The Labute approximate surface area is 153 Å². The first-order chi connectivity index (χ1) is 12.3. The molecule has 0 unspecified atom stereocenters. The van der Waals surface area contributed by atoms with Crippen molar-refractivity contribution in [2.75, 3.05) is 29.9 Å². The Bertz CT molecular complexity index is 694. The summed E-state index contributed by atoms with van der Waals surface area (Å²) in [6.07, 6.45) is 5.45. The van der Waals surface area contributed by atoms with E-state index in [9.17, 15) is 4.79 Å². The quantitative estimate of drug-likeness (QED) is 0.819. The van der Waals surface area contributed by atoms with Crippen LogP contribution < -0.4 is 15.5 Å². The zero-order valence-electron chi connectivity index (χ0n) is 14.8. The summed E-state index contributed by atoms with van der Waals surface area (Å²) in [4.78, 5) is 19.1. The second kappa shape index (κ2) is 8.85. The highest BCUT2D eigenvalue weighted by Gasteiger charge is 2.15. The number of carbonyl (C=O) groups excluding carboxylic acids is 1. The number of hydrogen-bond donors (Lipinski definition) is 2. The zero-order chi connectivity index (χ0) is 17.5. The molecule has 2 heterocycles. The van der Waals surface area contributed by atoms with E-state index in [0.717, 1.165) is 48.0 Å². The lowest BCUT2D eigenvalue weighted by Gasteiger charge is -2.30. The average Bonchev–Trinajstić information content (AvgIpc) is 3.11. The molecule has 1 fully saturated rings. The molecular weight excluding hydrogens is 332 g/mol. The number of para-hydroxylation sites is 2. The number of hydrogen-bond acceptors (Lipinski definition) is 4. The number of carbonyl (C=O) groups is 1. The monoisotopic (exact) mass is 358 g/mol. The first-order valence-electron chi connectivity index (χ1n) is 9.08. The third kappa shape index (κ3) is 4.95. The van der Waals surface area contributed by atoms with Crippen molar-refractivity contribution in [1.82, 2.24) is 10.3 Å². The summed E-state index contributed by atoms with van der Waals surface area (Å²) in [7, 11) is 0. The standard InChI is InChI=1S/C19H26N4OS/c1-2-18-21-15(14-25-18)10-11-20-19(24)22-16-8-4-5-9-17(16)23-12-6-3-7-13-23/h4-5,8-9,14H,2-3,6-7,10-13H2,1H3,(H2,20,22,24). The molecule has 0 radical (unpaired) electrons. The van der Waals surface area contributed by atoms with Crippen LogP contribution in [0.1, 0.15) is 36.9 Å². The number of nitrogens with one attached hydrogen (secondary N) is 2. The molecule has 1 aliphatic heterocycles. The van der Waals surface area contributed by atoms with Gasteiger partial charge in [0, 0.05) is 31.4 Å². The average molecular weight is 359 g/mol. The minimum Gasteiger partial charge on any atom is -0.370 e. The van der Waals surface area contributed by atoms with Crippen molar-refractivity contribution in [3.63, 3.8) is 0 Å². The summed E-state index contributed by atoms with van der Waals surface area (Å²) in [6.45, 7) is 4.81. The molecular formula is C19H26N4OS. The second-order valence-electron chi connectivity index (χ2n) is 6.28. The number of rotatable bonds is 6. The molecule has 2 amide bonds. The summed E-state index contributed by atoms with van der Waals surface area (Å²) in [6, 6.07) is 7.89. The van der Waals surface area contributed by atoms with Crippen LogP contribution in [0.5, 0.6) is 0 Å². The molecule has 0 aliphatic carbocycles. The molecule has 3 rings (SSSR count). The number of amides is 2. The third-order valence-electron chi connectivity index (χ3n) is 4.42. The maximum atomic E-state index is 12.2. The van der Waals surface area contributed by atoms with E-state index < -0.39 is 0 Å². The lowest BCUT2D eigenvalue weighted by molar-refractivity contribution is 0.252. The highest BCUT2D eigenvalue weighted by molar-refractivity contribution is 7.09. The van der Waals surface area contributed by atoms with E-state index in [2.05, 4.69) is 38.9 Å². The maximum absolute atomic E-state index is 12.2. The number of urea groups is 1.